The summed E-state index contributed by atoms with van der Waals surface area (Å²) in [5.74, 6) is 2.07. The van der Waals surface area contributed by atoms with Crippen molar-refractivity contribution >= 4 is 17.8 Å². The van der Waals surface area contributed by atoms with Crippen molar-refractivity contribution in [2.45, 2.75) is 69.4 Å². The molecular formula is C19H27N3O3. The summed E-state index contributed by atoms with van der Waals surface area (Å²) in [5, 5.41) is 6.07. The standard InChI is InChI=1S/C19H27N3O3/c1-18(14-2-3-14)16(24)22(17(25)21-18)10-15(23)20-19-7-11-4-12(8-19)6-13(5-11)9-19/h11-14H,2-10H2,1H3,(H,20,23)(H,21,25). The van der Waals surface area contributed by atoms with Gasteiger partial charge in [0.2, 0.25) is 5.91 Å². The van der Waals surface area contributed by atoms with E-state index in [1.807, 2.05) is 0 Å². The molecule has 0 spiro atoms. The molecule has 4 bridgehead atoms. The van der Waals surface area contributed by atoms with Crippen molar-refractivity contribution in [1.29, 1.82) is 0 Å². The van der Waals surface area contributed by atoms with Gasteiger partial charge in [0, 0.05) is 5.54 Å². The molecule has 6 heteroatoms. The van der Waals surface area contributed by atoms with E-state index in [2.05, 4.69) is 10.6 Å². The van der Waals surface area contributed by atoms with Gasteiger partial charge in [-0.2, -0.15) is 0 Å². The van der Waals surface area contributed by atoms with Gasteiger partial charge in [0.05, 0.1) is 0 Å². The molecule has 6 rings (SSSR count). The van der Waals surface area contributed by atoms with Gasteiger partial charge in [-0.3, -0.25) is 14.5 Å². The molecule has 1 heterocycles. The maximum atomic E-state index is 12.7. The highest BCUT2D eigenvalue weighted by Crippen LogP contribution is 2.55. The normalized spacial score (nSPS) is 45.0. The van der Waals surface area contributed by atoms with Crippen LogP contribution in [0, 0.1) is 23.7 Å². The Morgan fingerprint density at radius 1 is 1.12 bits per heavy atom. The molecule has 6 nitrogen and oxygen atoms in total. The van der Waals surface area contributed by atoms with Gasteiger partial charge in [-0.1, -0.05) is 0 Å². The van der Waals surface area contributed by atoms with Crippen LogP contribution in [-0.4, -0.2) is 40.4 Å². The predicted molar refractivity (Wildman–Crippen MR) is 90.4 cm³/mol. The van der Waals surface area contributed by atoms with Gasteiger partial charge in [0.1, 0.15) is 12.1 Å². The third-order valence-corrected chi connectivity index (χ3v) is 7.44. The van der Waals surface area contributed by atoms with Crippen molar-refractivity contribution in [1.82, 2.24) is 15.5 Å². The fourth-order valence-electron chi connectivity index (χ4n) is 6.54. The number of amides is 4. The first-order valence-electron chi connectivity index (χ1n) is 9.82. The van der Waals surface area contributed by atoms with Crippen LogP contribution in [0.1, 0.15) is 58.3 Å². The lowest BCUT2D eigenvalue weighted by Crippen LogP contribution is -2.61. The highest BCUT2D eigenvalue weighted by Gasteiger charge is 2.57. The molecule has 1 saturated heterocycles. The highest BCUT2D eigenvalue weighted by molar-refractivity contribution is 6.09. The minimum Gasteiger partial charge on any atom is -0.349 e. The van der Waals surface area contributed by atoms with Gasteiger partial charge in [-0.15, -0.1) is 0 Å². The molecule has 6 fully saturated rings. The first-order valence-corrected chi connectivity index (χ1v) is 9.82. The third kappa shape index (κ3) is 2.40. The van der Waals surface area contributed by atoms with Crippen LogP contribution in [0.5, 0.6) is 0 Å². The van der Waals surface area contributed by atoms with E-state index in [1.165, 1.54) is 19.3 Å². The van der Waals surface area contributed by atoms with Crippen molar-refractivity contribution in [3.05, 3.63) is 0 Å². The third-order valence-electron chi connectivity index (χ3n) is 7.44. The molecule has 136 valence electrons. The fourth-order valence-corrected chi connectivity index (χ4v) is 6.54. The molecule has 0 aromatic carbocycles. The second kappa shape index (κ2) is 4.98. The average Bonchev–Trinajstić information content (AvgIpc) is 3.32. The van der Waals surface area contributed by atoms with Gasteiger partial charge in [0.15, 0.2) is 0 Å². The van der Waals surface area contributed by atoms with E-state index in [0.717, 1.165) is 54.8 Å². The molecule has 4 amide bonds. The van der Waals surface area contributed by atoms with E-state index in [4.69, 9.17) is 0 Å². The van der Waals surface area contributed by atoms with E-state index in [9.17, 15) is 14.4 Å². The second-order valence-electron chi connectivity index (χ2n) is 9.54. The molecule has 1 unspecified atom stereocenters. The van der Waals surface area contributed by atoms with Crippen LogP contribution < -0.4 is 10.6 Å². The van der Waals surface area contributed by atoms with Crippen LogP contribution in [0.2, 0.25) is 0 Å². The summed E-state index contributed by atoms with van der Waals surface area (Å²) in [5.41, 5.74) is -0.886. The maximum Gasteiger partial charge on any atom is 0.325 e. The summed E-state index contributed by atoms with van der Waals surface area (Å²) in [4.78, 5) is 38.7. The van der Waals surface area contributed by atoms with E-state index >= 15 is 0 Å². The maximum absolute atomic E-state index is 12.7. The zero-order valence-electron chi connectivity index (χ0n) is 14.8. The summed E-state index contributed by atoms with van der Waals surface area (Å²) >= 11 is 0. The summed E-state index contributed by atoms with van der Waals surface area (Å²) in [7, 11) is 0. The molecule has 5 saturated carbocycles. The Hall–Kier alpha value is -1.59. The Bertz CT molecular complexity index is 621. The first-order chi connectivity index (χ1) is 11.9. The van der Waals surface area contributed by atoms with Crippen molar-refractivity contribution in [2.75, 3.05) is 6.54 Å². The monoisotopic (exact) mass is 345 g/mol. The smallest absolute Gasteiger partial charge is 0.325 e. The Kier molecular flexibility index (Phi) is 3.12. The number of rotatable bonds is 4. The molecule has 2 N–H and O–H groups in total. The minimum absolute atomic E-state index is 0.0785. The van der Waals surface area contributed by atoms with E-state index in [1.54, 1.807) is 6.92 Å². The molecule has 0 aromatic heterocycles. The van der Waals surface area contributed by atoms with Crippen LogP contribution in [0.15, 0.2) is 0 Å². The van der Waals surface area contributed by atoms with Crippen molar-refractivity contribution in [2.24, 2.45) is 23.7 Å². The lowest BCUT2D eigenvalue weighted by molar-refractivity contribution is -0.137. The number of nitrogens with zero attached hydrogens (tertiary/aromatic N) is 1. The largest absolute Gasteiger partial charge is 0.349 e. The van der Waals surface area contributed by atoms with Gasteiger partial charge >= 0.3 is 6.03 Å². The van der Waals surface area contributed by atoms with Gasteiger partial charge in [-0.25, -0.2) is 4.79 Å². The quantitative estimate of drug-likeness (QED) is 0.763. The summed E-state index contributed by atoms with van der Waals surface area (Å²) in [6, 6.07) is -0.417. The minimum atomic E-state index is -0.807. The number of hydrogen-bond acceptors (Lipinski definition) is 3. The fraction of sp³-hybridized carbons (Fsp3) is 0.842. The molecule has 1 aliphatic heterocycles. The molecule has 0 aromatic rings. The molecule has 6 aliphatic rings. The van der Waals surface area contributed by atoms with Gasteiger partial charge < -0.3 is 10.6 Å². The Balaban J connectivity index is 1.27. The lowest BCUT2D eigenvalue weighted by atomic mass is 9.53. The van der Waals surface area contributed by atoms with Crippen LogP contribution in [0.4, 0.5) is 4.79 Å². The van der Waals surface area contributed by atoms with Crippen molar-refractivity contribution in [3.8, 4) is 0 Å². The zero-order chi connectivity index (χ0) is 17.4. The van der Waals surface area contributed by atoms with Crippen LogP contribution in [0.25, 0.3) is 0 Å². The van der Waals surface area contributed by atoms with E-state index in [0.29, 0.717) is 0 Å². The van der Waals surface area contributed by atoms with E-state index < -0.39 is 11.6 Å². The topological polar surface area (TPSA) is 78.5 Å². The van der Waals surface area contributed by atoms with Crippen LogP contribution >= 0.6 is 0 Å². The van der Waals surface area contributed by atoms with Crippen LogP contribution in [0.3, 0.4) is 0 Å². The Labute approximate surface area is 148 Å². The summed E-state index contributed by atoms with van der Waals surface area (Å²) < 4.78 is 0. The number of hydrogen-bond donors (Lipinski definition) is 2. The van der Waals surface area contributed by atoms with Gasteiger partial charge in [0.25, 0.3) is 5.91 Å². The van der Waals surface area contributed by atoms with E-state index in [-0.39, 0.29) is 29.8 Å². The molecule has 5 aliphatic carbocycles. The number of nitrogens with one attached hydrogen (secondary N) is 2. The second-order valence-corrected chi connectivity index (χ2v) is 9.54. The average molecular weight is 345 g/mol. The number of imide groups is 1. The molecular weight excluding hydrogens is 318 g/mol. The molecule has 0 radical (unpaired) electrons. The van der Waals surface area contributed by atoms with Crippen molar-refractivity contribution in [3.63, 3.8) is 0 Å². The first kappa shape index (κ1) is 15.6. The summed E-state index contributed by atoms with van der Waals surface area (Å²) in [6.07, 6.45) is 9.12. The molecule has 1 atom stereocenters. The van der Waals surface area contributed by atoms with Crippen LogP contribution in [-0.2, 0) is 9.59 Å². The SMILES string of the molecule is CC1(C2CC2)NC(=O)N(CC(=O)NC23CC4CC(CC(C4)C2)C3)C1=O. The van der Waals surface area contributed by atoms with Crippen molar-refractivity contribution < 1.29 is 14.4 Å². The number of carbonyl (C=O) groups excluding carboxylic acids is 3. The highest BCUT2D eigenvalue weighted by atomic mass is 16.2. The Morgan fingerprint density at radius 3 is 2.20 bits per heavy atom. The lowest BCUT2D eigenvalue weighted by Gasteiger charge is -2.56. The Morgan fingerprint density at radius 2 is 1.68 bits per heavy atom. The number of urea groups is 1. The predicted octanol–water partition coefficient (Wildman–Crippen LogP) is 1.79. The molecule has 25 heavy (non-hydrogen) atoms. The van der Waals surface area contributed by atoms with Gasteiger partial charge in [-0.05, 0) is 82.0 Å². The zero-order valence-corrected chi connectivity index (χ0v) is 14.8. The summed E-state index contributed by atoms with van der Waals surface area (Å²) in [6.45, 7) is 1.65. The number of carbonyl (C=O) groups is 3.